The Balaban J connectivity index is 1.30. The van der Waals surface area contributed by atoms with Crippen LogP contribution in [0.25, 0.3) is 0 Å². The van der Waals surface area contributed by atoms with Crippen molar-refractivity contribution in [3.63, 3.8) is 0 Å². The third-order valence-corrected chi connectivity index (χ3v) is 5.71. The van der Waals surface area contributed by atoms with Gasteiger partial charge in [-0.3, -0.25) is 4.90 Å². The van der Waals surface area contributed by atoms with Crippen molar-refractivity contribution in [1.82, 2.24) is 4.90 Å². The van der Waals surface area contributed by atoms with Crippen LogP contribution in [0, 0.1) is 23.7 Å². The van der Waals surface area contributed by atoms with E-state index in [0.717, 1.165) is 30.8 Å². The minimum atomic E-state index is -0.266. The van der Waals surface area contributed by atoms with Gasteiger partial charge < -0.3 is 5.11 Å². The van der Waals surface area contributed by atoms with Gasteiger partial charge in [-0.25, -0.2) is 0 Å². The molecule has 3 atom stereocenters. The second-order valence-corrected chi connectivity index (χ2v) is 6.98. The van der Waals surface area contributed by atoms with Gasteiger partial charge in [0.15, 0.2) is 0 Å². The summed E-state index contributed by atoms with van der Waals surface area (Å²) in [4.78, 5) is 2.52. The Bertz CT molecular complexity index is 293. The second-order valence-electron chi connectivity index (χ2n) is 6.98. The Morgan fingerprint density at radius 2 is 1.88 bits per heavy atom. The summed E-state index contributed by atoms with van der Waals surface area (Å²) in [6.07, 6.45) is 8.56. The van der Waals surface area contributed by atoms with Crippen molar-refractivity contribution in [3.8, 4) is 0 Å². The fourth-order valence-electron chi connectivity index (χ4n) is 4.67. The Hall–Kier alpha value is -0.0800. The third kappa shape index (κ3) is 1.46. The molecule has 0 spiro atoms. The van der Waals surface area contributed by atoms with Gasteiger partial charge in [0.05, 0.1) is 5.60 Å². The standard InChI is InChI=1S/C14H23NO/c16-14(13-3-4-13)8-15(9-14)7-12-6-10-1-2-11(12)5-10/h10-13,16H,1-9H2. The van der Waals surface area contributed by atoms with Gasteiger partial charge in [0, 0.05) is 19.6 Å². The molecule has 1 aliphatic heterocycles. The molecule has 90 valence electrons. The van der Waals surface area contributed by atoms with Gasteiger partial charge in [0.25, 0.3) is 0 Å². The summed E-state index contributed by atoms with van der Waals surface area (Å²) >= 11 is 0. The highest BCUT2D eigenvalue weighted by Crippen LogP contribution is 2.50. The van der Waals surface area contributed by atoms with Crippen molar-refractivity contribution in [3.05, 3.63) is 0 Å². The first-order valence-electron chi connectivity index (χ1n) is 7.18. The Kier molecular flexibility index (Phi) is 2.00. The quantitative estimate of drug-likeness (QED) is 0.786. The van der Waals surface area contributed by atoms with E-state index in [1.165, 1.54) is 45.1 Å². The van der Waals surface area contributed by atoms with E-state index in [4.69, 9.17) is 0 Å². The van der Waals surface area contributed by atoms with Gasteiger partial charge >= 0.3 is 0 Å². The van der Waals surface area contributed by atoms with Crippen molar-refractivity contribution >= 4 is 0 Å². The molecule has 2 heteroatoms. The van der Waals surface area contributed by atoms with Crippen LogP contribution in [0.3, 0.4) is 0 Å². The fourth-order valence-corrected chi connectivity index (χ4v) is 4.67. The average molecular weight is 221 g/mol. The minimum absolute atomic E-state index is 0.266. The molecule has 1 N–H and O–H groups in total. The summed E-state index contributed by atoms with van der Waals surface area (Å²) in [6, 6.07) is 0. The van der Waals surface area contributed by atoms with Gasteiger partial charge in [0.1, 0.15) is 0 Å². The van der Waals surface area contributed by atoms with Crippen LogP contribution in [0.2, 0.25) is 0 Å². The van der Waals surface area contributed by atoms with Crippen LogP contribution in [-0.4, -0.2) is 35.2 Å². The van der Waals surface area contributed by atoms with Crippen molar-refractivity contribution in [1.29, 1.82) is 0 Å². The van der Waals surface area contributed by atoms with Crippen LogP contribution >= 0.6 is 0 Å². The lowest BCUT2D eigenvalue weighted by atomic mass is 9.84. The predicted octanol–water partition coefficient (Wildman–Crippen LogP) is 1.88. The predicted molar refractivity (Wildman–Crippen MR) is 63.1 cm³/mol. The first-order chi connectivity index (χ1) is 7.73. The van der Waals surface area contributed by atoms with Gasteiger partial charge in [0.2, 0.25) is 0 Å². The first kappa shape index (κ1) is 9.90. The molecule has 4 aliphatic rings. The molecule has 2 nitrogen and oxygen atoms in total. The normalized spacial score (nSPS) is 45.9. The van der Waals surface area contributed by atoms with Crippen molar-refractivity contribution in [2.45, 2.75) is 44.1 Å². The van der Waals surface area contributed by atoms with E-state index in [2.05, 4.69) is 4.90 Å². The minimum Gasteiger partial charge on any atom is -0.387 e. The molecule has 4 rings (SSSR count). The van der Waals surface area contributed by atoms with Crippen LogP contribution in [0.5, 0.6) is 0 Å². The molecule has 1 heterocycles. The largest absolute Gasteiger partial charge is 0.387 e. The number of fused-ring (bicyclic) bond motifs is 2. The topological polar surface area (TPSA) is 23.5 Å². The first-order valence-corrected chi connectivity index (χ1v) is 7.18. The highest BCUT2D eigenvalue weighted by molar-refractivity contribution is 5.06. The van der Waals surface area contributed by atoms with Crippen LogP contribution < -0.4 is 0 Å². The Labute approximate surface area is 98.0 Å². The maximum Gasteiger partial charge on any atom is 0.0928 e. The molecule has 0 aromatic carbocycles. The molecule has 3 saturated carbocycles. The van der Waals surface area contributed by atoms with Gasteiger partial charge in [-0.1, -0.05) is 6.42 Å². The highest BCUT2D eigenvalue weighted by atomic mass is 16.3. The summed E-state index contributed by atoms with van der Waals surface area (Å²) in [5, 5.41) is 10.3. The number of rotatable bonds is 3. The summed E-state index contributed by atoms with van der Waals surface area (Å²) < 4.78 is 0. The fraction of sp³-hybridized carbons (Fsp3) is 1.00. The van der Waals surface area contributed by atoms with E-state index >= 15 is 0 Å². The third-order valence-electron chi connectivity index (χ3n) is 5.71. The molecule has 0 aromatic heterocycles. The summed E-state index contributed by atoms with van der Waals surface area (Å²) in [5.41, 5.74) is -0.266. The smallest absolute Gasteiger partial charge is 0.0928 e. The van der Waals surface area contributed by atoms with E-state index < -0.39 is 0 Å². The summed E-state index contributed by atoms with van der Waals surface area (Å²) in [5.74, 6) is 3.74. The number of hydrogen-bond donors (Lipinski definition) is 1. The molecule has 0 radical (unpaired) electrons. The maximum absolute atomic E-state index is 10.3. The van der Waals surface area contributed by atoms with Gasteiger partial charge in [-0.2, -0.15) is 0 Å². The van der Waals surface area contributed by atoms with Gasteiger partial charge in [-0.15, -0.1) is 0 Å². The highest BCUT2D eigenvalue weighted by Gasteiger charge is 2.52. The molecular formula is C14H23NO. The Morgan fingerprint density at radius 3 is 2.44 bits per heavy atom. The monoisotopic (exact) mass is 221 g/mol. The van der Waals surface area contributed by atoms with Crippen LogP contribution in [0.15, 0.2) is 0 Å². The lowest BCUT2D eigenvalue weighted by molar-refractivity contribution is -0.119. The van der Waals surface area contributed by atoms with Gasteiger partial charge in [-0.05, 0) is 55.8 Å². The molecule has 0 amide bonds. The van der Waals surface area contributed by atoms with Crippen molar-refractivity contribution in [2.75, 3.05) is 19.6 Å². The molecule has 3 unspecified atom stereocenters. The van der Waals surface area contributed by atoms with Crippen LogP contribution in [0.1, 0.15) is 38.5 Å². The zero-order chi connectivity index (χ0) is 10.8. The molecule has 16 heavy (non-hydrogen) atoms. The average Bonchev–Trinajstić information content (AvgIpc) is 2.88. The second kappa shape index (κ2) is 3.23. The van der Waals surface area contributed by atoms with E-state index in [1.807, 2.05) is 0 Å². The molecular weight excluding hydrogens is 198 g/mol. The van der Waals surface area contributed by atoms with E-state index in [-0.39, 0.29) is 5.60 Å². The number of nitrogens with zero attached hydrogens (tertiary/aromatic N) is 1. The number of β-amino-alcohol motifs (C(OH)–C–C–N with tert-alkyl or cyclic N) is 1. The molecule has 2 bridgehead atoms. The van der Waals surface area contributed by atoms with Crippen LogP contribution in [-0.2, 0) is 0 Å². The van der Waals surface area contributed by atoms with Crippen LogP contribution in [0.4, 0.5) is 0 Å². The number of likely N-dealkylation sites (tertiary alicyclic amines) is 1. The molecule has 0 aromatic rings. The van der Waals surface area contributed by atoms with E-state index in [1.54, 1.807) is 0 Å². The summed E-state index contributed by atoms with van der Waals surface area (Å²) in [7, 11) is 0. The van der Waals surface area contributed by atoms with Crippen molar-refractivity contribution < 1.29 is 5.11 Å². The maximum atomic E-state index is 10.3. The lowest BCUT2D eigenvalue weighted by Crippen LogP contribution is -2.63. The lowest BCUT2D eigenvalue weighted by Gasteiger charge is -2.48. The van der Waals surface area contributed by atoms with E-state index in [0.29, 0.717) is 5.92 Å². The Morgan fingerprint density at radius 1 is 1.06 bits per heavy atom. The number of aliphatic hydroxyl groups is 1. The molecule has 4 fully saturated rings. The SMILES string of the molecule is OC1(C2CC2)CN(CC2CC3CCC2C3)C1. The van der Waals surface area contributed by atoms with E-state index in [9.17, 15) is 5.11 Å². The zero-order valence-corrected chi connectivity index (χ0v) is 10.1. The zero-order valence-electron chi connectivity index (χ0n) is 10.1. The molecule has 1 saturated heterocycles. The number of hydrogen-bond acceptors (Lipinski definition) is 2. The molecule has 3 aliphatic carbocycles. The van der Waals surface area contributed by atoms with Crippen molar-refractivity contribution in [2.24, 2.45) is 23.7 Å². The summed E-state index contributed by atoms with van der Waals surface area (Å²) in [6.45, 7) is 3.24.